The fraction of sp³-hybridized carbons (Fsp3) is 0.250. The van der Waals surface area contributed by atoms with Crippen LogP contribution >= 0.6 is 27.5 Å². The molecule has 0 aliphatic rings. The lowest BCUT2D eigenvalue weighted by atomic mass is 10.0. The van der Waals surface area contributed by atoms with Crippen LogP contribution in [0.5, 0.6) is 0 Å². The van der Waals surface area contributed by atoms with Gasteiger partial charge in [-0.15, -0.1) is 0 Å². The largest absolute Gasteiger partial charge is 0.367 e. The van der Waals surface area contributed by atoms with E-state index in [2.05, 4.69) is 15.9 Å². The minimum Gasteiger partial charge on any atom is -0.367 e. The van der Waals surface area contributed by atoms with E-state index in [0.717, 1.165) is 16.6 Å². The van der Waals surface area contributed by atoms with Crippen LogP contribution in [0.2, 0.25) is 5.02 Å². The highest BCUT2D eigenvalue weighted by molar-refractivity contribution is 9.08. The van der Waals surface area contributed by atoms with E-state index in [9.17, 15) is 4.39 Å². The first-order valence-corrected chi connectivity index (χ1v) is 7.86. The van der Waals surface area contributed by atoms with Gasteiger partial charge in [0.25, 0.3) is 0 Å². The molecule has 20 heavy (non-hydrogen) atoms. The van der Waals surface area contributed by atoms with Gasteiger partial charge in [-0.05, 0) is 30.7 Å². The number of anilines is 1. The zero-order chi connectivity index (χ0) is 14.7. The SMILES string of the molecule is CC(c1ccccc1F)N(C)c1cc(Cl)ccc1CBr. The van der Waals surface area contributed by atoms with Gasteiger partial charge in [-0.3, -0.25) is 0 Å². The molecule has 106 valence electrons. The van der Waals surface area contributed by atoms with Crippen LogP contribution in [0.25, 0.3) is 0 Å². The van der Waals surface area contributed by atoms with E-state index >= 15 is 0 Å². The standard InChI is InChI=1S/C16H16BrClFN/c1-11(14-5-3-4-6-15(14)19)20(2)16-9-13(18)8-7-12(16)10-17/h3-9,11H,10H2,1-2H3. The summed E-state index contributed by atoms with van der Waals surface area (Å²) in [6, 6.07) is 12.5. The molecular formula is C16H16BrClFN. The number of nitrogens with zero attached hydrogens (tertiary/aromatic N) is 1. The molecule has 2 aromatic carbocycles. The minimum atomic E-state index is -0.186. The van der Waals surface area contributed by atoms with E-state index in [1.807, 2.05) is 49.2 Å². The zero-order valence-electron chi connectivity index (χ0n) is 11.4. The molecule has 2 rings (SSSR count). The Kier molecular flexibility index (Phi) is 5.06. The van der Waals surface area contributed by atoms with Gasteiger partial charge in [0.15, 0.2) is 0 Å². The Morgan fingerprint density at radius 3 is 2.60 bits per heavy atom. The van der Waals surface area contributed by atoms with Crippen LogP contribution < -0.4 is 4.90 Å². The Labute approximate surface area is 132 Å². The maximum atomic E-state index is 13.9. The summed E-state index contributed by atoms with van der Waals surface area (Å²) < 4.78 is 13.9. The van der Waals surface area contributed by atoms with Crippen molar-refractivity contribution in [3.63, 3.8) is 0 Å². The van der Waals surface area contributed by atoms with Gasteiger partial charge in [-0.25, -0.2) is 4.39 Å². The number of alkyl halides is 1. The first-order valence-electron chi connectivity index (χ1n) is 6.36. The first-order chi connectivity index (χ1) is 9.54. The fourth-order valence-corrected chi connectivity index (χ4v) is 2.85. The number of benzene rings is 2. The van der Waals surface area contributed by atoms with Gasteiger partial charge in [0.05, 0.1) is 6.04 Å². The molecule has 0 heterocycles. The van der Waals surface area contributed by atoms with Crippen LogP contribution in [0.1, 0.15) is 24.1 Å². The average molecular weight is 357 g/mol. The van der Waals surface area contributed by atoms with Gasteiger partial charge in [0.1, 0.15) is 5.82 Å². The summed E-state index contributed by atoms with van der Waals surface area (Å²) in [6.07, 6.45) is 0. The molecule has 0 saturated heterocycles. The Bertz CT molecular complexity index is 603. The van der Waals surface area contributed by atoms with Crippen LogP contribution in [-0.4, -0.2) is 7.05 Å². The van der Waals surface area contributed by atoms with Crippen LogP contribution in [0.3, 0.4) is 0 Å². The van der Waals surface area contributed by atoms with Crippen LogP contribution in [0, 0.1) is 5.82 Å². The summed E-state index contributed by atoms with van der Waals surface area (Å²) in [4.78, 5) is 2.04. The van der Waals surface area contributed by atoms with Gasteiger partial charge < -0.3 is 4.90 Å². The normalized spacial score (nSPS) is 12.2. The maximum absolute atomic E-state index is 13.9. The van der Waals surface area contributed by atoms with Crippen molar-refractivity contribution in [3.8, 4) is 0 Å². The molecule has 0 spiro atoms. The monoisotopic (exact) mass is 355 g/mol. The molecule has 0 saturated carbocycles. The van der Waals surface area contributed by atoms with Gasteiger partial charge in [0.2, 0.25) is 0 Å². The third-order valence-corrected chi connectivity index (χ3v) is 4.35. The van der Waals surface area contributed by atoms with Gasteiger partial charge in [0, 0.05) is 28.7 Å². The molecule has 0 amide bonds. The quantitative estimate of drug-likeness (QED) is 0.647. The second-order valence-corrected chi connectivity index (χ2v) is 5.71. The highest BCUT2D eigenvalue weighted by Crippen LogP contribution is 2.32. The highest BCUT2D eigenvalue weighted by Gasteiger charge is 2.18. The van der Waals surface area contributed by atoms with Gasteiger partial charge >= 0.3 is 0 Å². The van der Waals surface area contributed by atoms with Crippen molar-refractivity contribution in [1.82, 2.24) is 0 Å². The molecule has 0 radical (unpaired) electrons. The number of hydrogen-bond donors (Lipinski definition) is 0. The van der Waals surface area contributed by atoms with Crippen LogP contribution in [-0.2, 0) is 5.33 Å². The number of rotatable bonds is 4. The fourth-order valence-electron chi connectivity index (χ4n) is 2.21. The van der Waals surface area contributed by atoms with Crippen molar-refractivity contribution in [3.05, 3.63) is 64.4 Å². The smallest absolute Gasteiger partial charge is 0.128 e. The van der Waals surface area contributed by atoms with Crippen LogP contribution in [0.15, 0.2) is 42.5 Å². The molecule has 2 aromatic rings. The summed E-state index contributed by atoms with van der Waals surface area (Å²) in [5.74, 6) is -0.186. The predicted molar refractivity (Wildman–Crippen MR) is 87.3 cm³/mol. The maximum Gasteiger partial charge on any atom is 0.128 e. The van der Waals surface area contributed by atoms with Crippen molar-refractivity contribution < 1.29 is 4.39 Å². The molecule has 0 bridgehead atoms. The van der Waals surface area contributed by atoms with Crippen molar-refractivity contribution in [1.29, 1.82) is 0 Å². The van der Waals surface area contributed by atoms with E-state index < -0.39 is 0 Å². The summed E-state index contributed by atoms with van der Waals surface area (Å²) in [5.41, 5.74) is 2.81. The number of hydrogen-bond acceptors (Lipinski definition) is 1. The molecule has 0 fully saturated rings. The predicted octanol–water partition coefficient (Wildman–Crippen LogP) is 5.57. The Hall–Kier alpha value is -1.06. The second-order valence-electron chi connectivity index (χ2n) is 4.72. The molecule has 1 unspecified atom stereocenters. The molecule has 1 atom stereocenters. The second kappa shape index (κ2) is 6.59. The molecule has 1 nitrogen and oxygen atoms in total. The lowest BCUT2D eigenvalue weighted by Gasteiger charge is -2.29. The zero-order valence-corrected chi connectivity index (χ0v) is 13.7. The topological polar surface area (TPSA) is 3.24 Å². The third-order valence-electron chi connectivity index (χ3n) is 3.51. The summed E-state index contributed by atoms with van der Waals surface area (Å²) in [7, 11) is 1.95. The third kappa shape index (κ3) is 3.15. The average Bonchev–Trinajstić information content (AvgIpc) is 2.46. The minimum absolute atomic E-state index is 0.0764. The van der Waals surface area contributed by atoms with Crippen LogP contribution in [0.4, 0.5) is 10.1 Å². The molecule has 4 heteroatoms. The van der Waals surface area contributed by atoms with E-state index in [1.54, 1.807) is 6.07 Å². The van der Waals surface area contributed by atoms with Crippen molar-refractivity contribution in [2.75, 3.05) is 11.9 Å². The number of halogens is 3. The van der Waals surface area contributed by atoms with E-state index in [0.29, 0.717) is 10.6 Å². The molecule has 0 aliphatic carbocycles. The Balaban J connectivity index is 2.38. The Morgan fingerprint density at radius 1 is 1.25 bits per heavy atom. The first kappa shape index (κ1) is 15.3. The van der Waals surface area contributed by atoms with Crippen molar-refractivity contribution >= 4 is 33.2 Å². The van der Waals surface area contributed by atoms with Crippen molar-refractivity contribution in [2.24, 2.45) is 0 Å². The lowest BCUT2D eigenvalue weighted by molar-refractivity contribution is 0.585. The molecular weight excluding hydrogens is 341 g/mol. The van der Waals surface area contributed by atoms with E-state index in [4.69, 9.17) is 11.6 Å². The molecule has 0 N–H and O–H groups in total. The lowest BCUT2D eigenvalue weighted by Crippen LogP contribution is -2.23. The van der Waals surface area contributed by atoms with E-state index in [-0.39, 0.29) is 11.9 Å². The van der Waals surface area contributed by atoms with Gasteiger partial charge in [-0.1, -0.05) is 51.8 Å². The Morgan fingerprint density at radius 2 is 1.95 bits per heavy atom. The van der Waals surface area contributed by atoms with E-state index in [1.165, 1.54) is 6.07 Å². The summed E-state index contributed by atoms with van der Waals surface area (Å²) >= 11 is 9.56. The van der Waals surface area contributed by atoms with Crippen molar-refractivity contribution in [2.45, 2.75) is 18.3 Å². The molecule has 0 aliphatic heterocycles. The summed E-state index contributed by atoms with van der Waals surface area (Å²) in [5, 5.41) is 1.41. The molecule has 0 aromatic heterocycles. The van der Waals surface area contributed by atoms with Gasteiger partial charge in [-0.2, -0.15) is 0 Å². The highest BCUT2D eigenvalue weighted by atomic mass is 79.9. The summed E-state index contributed by atoms with van der Waals surface area (Å²) in [6.45, 7) is 1.98.